The summed E-state index contributed by atoms with van der Waals surface area (Å²) in [5.74, 6) is 0.0279. The van der Waals surface area contributed by atoms with Gasteiger partial charge in [0.15, 0.2) is 0 Å². The Bertz CT molecular complexity index is 1370. The lowest BCUT2D eigenvalue weighted by molar-refractivity contribution is 0.103. The zero-order chi connectivity index (χ0) is 24.4. The van der Waals surface area contributed by atoms with Gasteiger partial charge in [0.25, 0.3) is 5.91 Å². The highest BCUT2D eigenvalue weighted by atomic mass is 32.1. The topological polar surface area (TPSA) is 96.3 Å². The molecule has 8 heteroatoms. The summed E-state index contributed by atoms with van der Waals surface area (Å²) in [7, 11) is 0. The maximum atomic E-state index is 13.1. The van der Waals surface area contributed by atoms with Crippen molar-refractivity contribution < 1.29 is 14.7 Å². The van der Waals surface area contributed by atoms with Crippen LogP contribution in [0.1, 0.15) is 51.7 Å². The fourth-order valence-corrected chi connectivity index (χ4v) is 4.78. The van der Waals surface area contributed by atoms with E-state index >= 15 is 0 Å². The van der Waals surface area contributed by atoms with Crippen LogP contribution < -0.4 is 10.6 Å². The second-order valence-corrected chi connectivity index (χ2v) is 9.69. The van der Waals surface area contributed by atoms with E-state index in [1.807, 2.05) is 48.7 Å². The highest BCUT2D eigenvalue weighted by Gasteiger charge is 2.27. The Morgan fingerprint density at radius 1 is 1.11 bits per heavy atom. The molecule has 0 spiro atoms. The summed E-state index contributed by atoms with van der Waals surface area (Å²) >= 11 is 1.35. The lowest BCUT2D eigenvalue weighted by Gasteiger charge is -2.25. The van der Waals surface area contributed by atoms with Crippen molar-refractivity contribution in [3.63, 3.8) is 0 Å². The Morgan fingerprint density at radius 3 is 2.63 bits per heavy atom. The van der Waals surface area contributed by atoms with Crippen LogP contribution >= 0.6 is 11.3 Å². The Kier molecular flexibility index (Phi) is 6.37. The quantitative estimate of drug-likeness (QED) is 0.316. The lowest BCUT2D eigenvalue weighted by atomic mass is 9.82. The molecule has 2 aromatic heterocycles. The molecule has 178 valence electrons. The van der Waals surface area contributed by atoms with Crippen LogP contribution in [-0.4, -0.2) is 26.8 Å². The van der Waals surface area contributed by atoms with E-state index in [4.69, 9.17) is 0 Å². The summed E-state index contributed by atoms with van der Waals surface area (Å²) in [4.78, 5) is 26.0. The Labute approximate surface area is 207 Å². The van der Waals surface area contributed by atoms with E-state index in [0.717, 1.165) is 36.1 Å². The second-order valence-electron chi connectivity index (χ2n) is 8.74. The molecule has 0 aliphatic heterocycles. The molecule has 2 amide bonds. The van der Waals surface area contributed by atoms with E-state index in [2.05, 4.69) is 15.7 Å². The number of phenols is 1. The standard InChI is InChI=1S/C27H26N4O3S/c1-17-6-2-3-7-19(17)16-28-27(34)31-23(18-8-4-9-18)15-22(30-31)21-12-11-20(14-24(21)32)29-26(33)25-10-5-13-35-25/h2-3,5-7,10-15,18,32H,4,8-9,16H2,1H3,(H,28,34)(H,29,33). The van der Waals surface area contributed by atoms with Gasteiger partial charge in [0.05, 0.1) is 16.3 Å². The number of nitrogens with one attached hydrogen (secondary N) is 2. The number of carbonyl (C=O) groups is 2. The number of anilines is 1. The third-order valence-corrected chi connectivity index (χ3v) is 7.29. The van der Waals surface area contributed by atoms with Crippen molar-refractivity contribution in [1.82, 2.24) is 15.1 Å². The molecule has 0 unspecified atom stereocenters. The number of carbonyl (C=O) groups excluding carboxylic acids is 2. The third kappa shape index (κ3) is 4.83. The van der Waals surface area contributed by atoms with Crippen LogP contribution in [0.2, 0.25) is 0 Å². The van der Waals surface area contributed by atoms with Crippen LogP contribution in [0.4, 0.5) is 10.5 Å². The van der Waals surface area contributed by atoms with Gasteiger partial charge in [0.1, 0.15) is 5.75 Å². The predicted molar refractivity (Wildman–Crippen MR) is 137 cm³/mol. The van der Waals surface area contributed by atoms with E-state index in [0.29, 0.717) is 28.4 Å². The molecular weight excluding hydrogens is 460 g/mol. The average molecular weight is 487 g/mol. The van der Waals surface area contributed by atoms with Crippen molar-refractivity contribution in [2.45, 2.75) is 38.6 Å². The molecule has 2 heterocycles. The van der Waals surface area contributed by atoms with E-state index in [1.165, 1.54) is 22.1 Å². The number of hydrogen-bond donors (Lipinski definition) is 3. The van der Waals surface area contributed by atoms with Crippen molar-refractivity contribution in [2.24, 2.45) is 0 Å². The van der Waals surface area contributed by atoms with Gasteiger partial charge in [-0.15, -0.1) is 11.3 Å². The normalized spacial score (nSPS) is 13.3. The van der Waals surface area contributed by atoms with Crippen molar-refractivity contribution in [1.29, 1.82) is 0 Å². The highest BCUT2D eigenvalue weighted by molar-refractivity contribution is 7.12. The predicted octanol–water partition coefficient (Wildman–Crippen LogP) is 5.90. The maximum Gasteiger partial charge on any atom is 0.342 e. The first kappa shape index (κ1) is 22.9. The fourth-order valence-electron chi connectivity index (χ4n) is 4.17. The zero-order valence-electron chi connectivity index (χ0n) is 19.3. The van der Waals surface area contributed by atoms with Crippen molar-refractivity contribution in [3.8, 4) is 17.0 Å². The van der Waals surface area contributed by atoms with E-state index < -0.39 is 0 Å². The molecule has 5 rings (SSSR count). The van der Waals surface area contributed by atoms with Gasteiger partial charge in [-0.25, -0.2) is 4.79 Å². The number of thiophene rings is 1. The summed E-state index contributed by atoms with van der Waals surface area (Å²) in [5.41, 5.74) is 4.53. The number of hydrogen-bond acceptors (Lipinski definition) is 5. The number of nitrogens with zero attached hydrogens (tertiary/aromatic N) is 2. The minimum absolute atomic E-state index is 0.0147. The van der Waals surface area contributed by atoms with Gasteiger partial charge < -0.3 is 15.7 Å². The summed E-state index contributed by atoms with van der Waals surface area (Å²) < 4.78 is 1.43. The van der Waals surface area contributed by atoms with Crippen molar-refractivity contribution in [3.05, 3.63) is 87.7 Å². The molecule has 2 aromatic carbocycles. The van der Waals surface area contributed by atoms with E-state index in [1.54, 1.807) is 18.2 Å². The molecule has 1 saturated carbocycles. The van der Waals surface area contributed by atoms with Gasteiger partial charge in [0, 0.05) is 29.8 Å². The summed E-state index contributed by atoms with van der Waals surface area (Å²) in [6, 6.07) is 18.0. The van der Waals surface area contributed by atoms with Crippen LogP contribution in [0.3, 0.4) is 0 Å². The number of aromatic nitrogens is 2. The van der Waals surface area contributed by atoms with Crippen molar-refractivity contribution in [2.75, 3.05) is 5.32 Å². The smallest absolute Gasteiger partial charge is 0.342 e. The van der Waals surface area contributed by atoms with Gasteiger partial charge >= 0.3 is 6.03 Å². The molecule has 3 N–H and O–H groups in total. The molecule has 0 bridgehead atoms. The van der Waals surface area contributed by atoms with Crippen LogP contribution in [0.5, 0.6) is 5.75 Å². The molecule has 0 atom stereocenters. The average Bonchev–Trinajstić information content (AvgIpc) is 3.48. The first-order valence-corrected chi connectivity index (χ1v) is 12.5. The van der Waals surface area contributed by atoms with Crippen LogP contribution in [0.15, 0.2) is 66.0 Å². The molecule has 7 nitrogen and oxygen atoms in total. The van der Waals surface area contributed by atoms with Crippen molar-refractivity contribution >= 4 is 29.0 Å². The van der Waals surface area contributed by atoms with Gasteiger partial charge in [-0.3, -0.25) is 4.79 Å². The largest absolute Gasteiger partial charge is 0.507 e. The minimum Gasteiger partial charge on any atom is -0.507 e. The number of aryl methyl sites for hydroxylation is 1. The molecule has 35 heavy (non-hydrogen) atoms. The Hall–Kier alpha value is -3.91. The first-order valence-electron chi connectivity index (χ1n) is 11.6. The molecular formula is C27H26N4O3S. The highest BCUT2D eigenvalue weighted by Crippen LogP contribution is 2.39. The monoisotopic (exact) mass is 486 g/mol. The fraction of sp³-hybridized carbons (Fsp3) is 0.222. The summed E-state index contributed by atoms with van der Waals surface area (Å²) in [6.45, 7) is 2.43. The maximum absolute atomic E-state index is 13.1. The van der Waals surface area contributed by atoms with Gasteiger partial charge in [-0.05, 0) is 60.5 Å². The summed E-state index contributed by atoms with van der Waals surface area (Å²) in [5, 5.41) is 22.9. The molecule has 1 aliphatic carbocycles. The zero-order valence-corrected chi connectivity index (χ0v) is 20.1. The Balaban J connectivity index is 1.37. The molecule has 4 aromatic rings. The van der Waals surface area contributed by atoms with Gasteiger partial charge in [-0.1, -0.05) is 36.8 Å². The van der Waals surface area contributed by atoms with Crippen LogP contribution in [0.25, 0.3) is 11.3 Å². The SMILES string of the molecule is Cc1ccccc1CNC(=O)n1nc(-c2ccc(NC(=O)c3cccs3)cc2O)cc1C1CCC1. The molecule has 1 aliphatic rings. The molecule has 0 saturated heterocycles. The van der Waals surface area contributed by atoms with Gasteiger partial charge in [-0.2, -0.15) is 9.78 Å². The van der Waals surface area contributed by atoms with Gasteiger partial charge in [0.2, 0.25) is 0 Å². The first-order chi connectivity index (χ1) is 17.0. The number of benzene rings is 2. The Morgan fingerprint density at radius 2 is 1.94 bits per heavy atom. The van der Waals surface area contributed by atoms with E-state index in [-0.39, 0.29) is 23.6 Å². The summed E-state index contributed by atoms with van der Waals surface area (Å²) in [6.07, 6.45) is 3.14. The molecule has 1 fully saturated rings. The molecule has 0 radical (unpaired) electrons. The van der Waals surface area contributed by atoms with Crippen LogP contribution in [-0.2, 0) is 6.54 Å². The second kappa shape index (κ2) is 9.76. The number of phenolic OH excluding ortho intramolecular Hbond substituents is 1. The van der Waals surface area contributed by atoms with E-state index in [9.17, 15) is 14.7 Å². The number of rotatable bonds is 6. The van der Waals surface area contributed by atoms with Crippen LogP contribution in [0, 0.1) is 6.92 Å². The third-order valence-electron chi connectivity index (χ3n) is 6.42. The minimum atomic E-state index is -0.291. The number of aromatic hydroxyl groups is 1. The number of amides is 2. The lowest BCUT2D eigenvalue weighted by Crippen LogP contribution is -2.31.